The molecule has 2 heterocycles. The number of thiophene rings is 1. The zero-order valence-electron chi connectivity index (χ0n) is 10.2. The number of hydrogen-bond acceptors (Lipinski definition) is 4. The Labute approximate surface area is 132 Å². The van der Waals surface area contributed by atoms with Gasteiger partial charge in [0, 0.05) is 10.9 Å². The second kappa shape index (κ2) is 5.87. The fourth-order valence-corrected chi connectivity index (χ4v) is 3.66. The molecule has 0 bridgehead atoms. The smallest absolute Gasteiger partial charge is 0.267 e. The zero-order chi connectivity index (χ0) is 13.9. The van der Waals surface area contributed by atoms with Crippen molar-refractivity contribution in [3.05, 3.63) is 56.5 Å². The summed E-state index contributed by atoms with van der Waals surface area (Å²) in [5.41, 5.74) is 1.92. The Morgan fingerprint density at radius 2 is 1.95 bits per heavy atom. The second-order valence-electron chi connectivity index (χ2n) is 3.96. The number of thiazole rings is 1. The molecule has 100 valence electrons. The molecule has 0 fully saturated rings. The number of nitrogens with one attached hydrogen (secondary N) is 1. The Morgan fingerprint density at radius 1 is 1.15 bits per heavy atom. The molecule has 1 amide bonds. The second-order valence-corrected chi connectivity index (χ2v) is 7.28. The molecule has 2 aromatic heterocycles. The van der Waals surface area contributed by atoms with Crippen LogP contribution < -0.4 is 5.32 Å². The minimum atomic E-state index is -0.130. The van der Waals surface area contributed by atoms with Crippen molar-refractivity contribution in [2.45, 2.75) is 0 Å². The van der Waals surface area contributed by atoms with Crippen LogP contribution in [0.4, 0.5) is 5.13 Å². The van der Waals surface area contributed by atoms with Crippen LogP contribution >= 0.6 is 38.6 Å². The SMILES string of the molecule is O=C(Nc1nc(-c2ccccc2)cs1)c1ccc(Br)s1. The third kappa shape index (κ3) is 2.98. The number of aromatic nitrogens is 1. The van der Waals surface area contributed by atoms with E-state index in [1.165, 1.54) is 22.7 Å². The van der Waals surface area contributed by atoms with Crippen LogP contribution in [0, 0.1) is 0 Å². The molecule has 0 atom stereocenters. The van der Waals surface area contributed by atoms with E-state index in [9.17, 15) is 4.79 Å². The molecule has 1 N–H and O–H groups in total. The lowest BCUT2D eigenvalue weighted by Gasteiger charge is -1.98. The lowest BCUT2D eigenvalue weighted by atomic mass is 10.2. The Hall–Kier alpha value is -1.50. The van der Waals surface area contributed by atoms with Gasteiger partial charge in [-0.3, -0.25) is 10.1 Å². The zero-order valence-corrected chi connectivity index (χ0v) is 13.4. The van der Waals surface area contributed by atoms with Crippen LogP contribution in [-0.4, -0.2) is 10.9 Å². The van der Waals surface area contributed by atoms with Gasteiger partial charge in [0.05, 0.1) is 14.4 Å². The number of amides is 1. The number of halogens is 1. The van der Waals surface area contributed by atoms with Crippen LogP contribution in [0.15, 0.2) is 51.6 Å². The molecule has 0 saturated heterocycles. The molecule has 3 rings (SSSR count). The Kier molecular flexibility index (Phi) is 3.95. The molecule has 0 spiro atoms. The van der Waals surface area contributed by atoms with Gasteiger partial charge in [0.2, 0.25) is 0 Å². The molecule has 3 aromatic rings. The van der Waals surface area contributed by atoms with Gasteiger partial charge in [-0.2, -0.15) is 0 Å². The Morgan fingerprint density at radius 3 is 2.65 bits per heavy atom. The number of benzene rings is 1. The van der Waals surface area contributed by atoms with Crippen LogP contribution in [0.5, 0.6) is 0 Å². The summed E-state index contributed by atoms with van der Waals surface area (Å²) in [7, 11) is 0. The van der Waals surface area contributed by atoms with E-state index in [1.54, 1.807) is 6.07 Å². The average Bonchev–Trinajstić information content (AvgIpc) is 3.09. The lowest BCUT2D eigenvalue weighted by Crippen LogP contribution is -2.09. The molecule has 0 saturated carbocycles. The third-order valence-corrected chi connectivity index (χ3v) is 4.97. The largest absolute Gasteiger partial charge is 0.297 e. The van der Waals surface area contributed by atoms with E-state index in [-0.39, 0.29) is 5.91 Å². The summed E-state index contributed by atoms with van der Waals surface area (Å²) in [5.74, 6) is -0.130. The molecule has 0 radical (unpaired) electrons. The van der Waals surface area contributed by atoms with Gasteiger partial charge in [-0.25, -0.2) is 4.98 Å². The quantitative estimate of drug-likeness (QED) is 0.718. The molecule has 0 aliphatic rings. The highest BCUT2D eigenvalue weighted by molar-refractivity contribution is 9.11. The van der Waals surface area contributed by atoms with E-state index >= 15 is 0 Å². The predicted octanol–water partition coefficient (Wildman–Crippen LogP) is 4.89. The van der Waals surface area contributed by atoms with Gasteiger partial charge in [-0.15, -0.1) is 22.7 Å². The Bertz CT molecular complexity index is 736. The first-order valence-corrected chi connectivity index (χ1v) is 8.29. The molecule has 6 heteroatoms. The number of rotatable bonds is 3. The topological polar surface area (TPSA) is 42.0 Å². The molecular weight excluding hydrogens is 356 g/mol. The van der Waals surface area contributed by atoms with Gasteiger partial charge in [0.25, 0.3) is 5.91 Å². The van der Waals surface area contributed by atoms with E-state index in [0.29, 0.717) is 10.0 Å². The summed E-state index contributed by atoms with van der Waals surface area (Å²) in [5, 5.41) is 5.37. The van der Waals surface area contributed by atoms with Crippen molar-refractivity contribution >= 4 is 49.6 Å². The van der Waals surface area contributed by atoms with Crippen LogP contribution in [0.25, 0.3) is 11.3 Å². The number of carbonyl (C=O) groups is 1. The van der Waals surface area contributed by atoms with Crippen LogP contribution in [0.3, 0.4) is 0 Å². The van der Waals surface area contributed by atoms with Crippen molar-refractivity contribution in [3.8, 4) is 11.3 Å². The normalized spacial score (nSPS) is 10.4. The van der Waals surface area contributed by atoms with Crippen molar-refractivity contribution < 1.29 is 4.79 Å². The molecule has 0 aliphatic carbocycles. The van der Waals surface area contributed by atoms with Gasteiger partial charge in [0.15, 0.2) is 5.13 Å². The summed E-state index contributed by atoms with van der Waals surface area (Å²) in [6, 6.07) is 13.5. The van der Waals surface area contributed by atoms with E-state index in [2.05, 4.69) is 26.2 Å². The molecule has 0 unspecified atom stereocenters. The number of anilines is 1. The minimum Gasteiger partial charge on any atom is -0.297 e. The molecular formula is C14H9BrN2OS2. The van der Waals surface area contributed by atoms with Gasteiger partial charge < -0.3 is 0 Å². The van der Waals surface area contributed by atoms with Crippen molar-refractivity contribution in [3.63, 3.8) is 0 Å². The maximum atomic E-state index is 12.0. The number of carbonyl (C=O) groups excluding carboxylic acids is 1. The average molecular weight is 365 g/mol. The first-order valence-electron chi connectivity index (χ1n) is 5.80. The fourth-order valence-electron chi connectivity index (χ4n) is 1.67. The van der Waals surface area contributed by atoms with Crippen molar-refractivity contribution in [1.82, 2.24) is 4.98 Å². The highest BCUT2D eigenvalue weighted by Crippen LogP contribution is 2.26. The van der Waals surface area contributed by atoms with Crippen LogP contribution in [0.2, 0.25) is 0 Å². The van der Waals surface area contributed by atoms with E-state index in [1.807, 2.05) is 41.8 Å². The first kappa shape index (κ1) is 13.5. The standard InChI is InChI=1S/C14H9BrN2OS2/c15-12-7-6-11(20-12)13(18)17-14-16-10(8-19-14)9-4-2-1-3-5-9/h1-8H,(H,16,17,18). The fraction of sp³-hybridized carbons (Fsp3) is 0. The van der Waals surface area contributed by atoms with Crippen molar-refractivity contribution in [1.29, 1.82) is 0 Å². The van der Waals surface area contributed by atoms with Crippen LogP contribution in [0.1, 0.15) is 9.67 Å². The van der Waals surface area contributed by atoms with Gasteiger partial charge in [-0.05, 0) is 28.1 Å². The highest BCUT2D eigenvalue weighted by Gasteiger charge is 2.11. The molecule has 20 heavy (non-hydrogen) atoms. The van der Waals surface area contributed by atoms with E-state index in [0.717, 1.165) is 15.0 Å². The van der Waals surface area contributed by atoms with Crippen molar-refractivity contribution in [2.75, 3.05) is 5.32 Å². The van der Waals surface area contributed by atoms with E-state index < -0.39 is 0 Å². The maximum Gasteiger partial charge on any atom is 0.267 e. The third-order valence-electron chi connectivity index (χ3n) is 2.59. The van der Waals surface area contributed by atoms with Gasteiger partial charge in [-0.1, -0.05) is 30.3 Å². The van der Waals surface area contributed by atoms with Crippen molar-refractivity contribution in [2.24, 2.45) is 0 Å². The Balaban J connectivity index is 1.76. The lowest BCUT2D eigenvalue weighted by molar-refractivity contribution is 0.103. The summed E-state index contributed by atoms with van der Waals surface area (Å²) >= 11 is 6.17. The predicted molar refractivity (Wildman–Crippen MR) is 87.5 cm³/mol. The minimum absolute atomic E-state index is 0.130. The monoisotopic (exact) mass is 364 g/mol. The summed E-state index contributed by atoms with van der Waals surface area (Å²) < 4.78 is 0.937. The summed E-state index contributed by atoms with van der Waals surface area (Å²) in [4.78, 5) is 17.1. The summed E-state index contributed by atoms with van der Waals surface area (Å²) in [6.45, 7) is 0. The molecule has 0 aliphatic heterocycles. The molecule has 1 aromatic carbocycles. The number of nitrogens with zero attached hydrogens (tertiary/aromatic N) is 1. The van der Waals surface area contributed by atoms with E-state index in [4.69, 9.17) is 0 Å². The number of hydrogen-bond donors (Lipinski definition) is 1. The van der Waals surface area contributed by atoms with Crippen LogP contribution in [-0.2, 0) is 0 Å². The van der Waals surface area contributed by atoms with Gasteiger partial charge in [0.1, 0.15) is 0 Å². The molecule has 3 nitrogen and oxygen atoms in total. The maximum absolute atomic E-state index is 12.0. The summed E-state index contributed by atoms with van der Waals surface area (Å²) in [6.07, 6.45) is 0. The highest BCUT2D eigenvalue weighted by atomic mass is 79.9. The first-order chi connectivity index (χ1) is 9.72. The van der Waals surface area contributed by atoms with Gasteiger partial charge >= 0.3 is 0 Å².